The number of anilines is 2. The number of aromatic nitrogens is 1. The van der Waals surface area contributed by atoms with Crippen LogP contribution in [-0.4, -0.2) is 17.2 Å². The number of rotatable bonds is 5. The second kappa shape index (κ2) is 7.82. The Morgan fingerprint density at radius 3 is 2.16 bits per heavy atom. The van der Waals surface area contributed by atoms with Gasteiger partial charge in [-0.05, 0) is 31.5 Å². The Bertz CT molecular complexity index is 741. The summed E-state index contributed by atoms with van der Waals surface area (Å²) < 4.78 is 58.1. The van der Waals surface area contributed by atoms with E-state index in [9.17, 15) is 22.4 Å². The number of nitrogens with zero attached hydrogens (tertiary/aromatic N) is 1. The minimum absolute atomic E-state index is 0.174. The Balaban J connectivity index is 2.05. The molecule has 134 valence electrons. The molecule has 1 heterocycles. The SMILES string of the molecule is CC(C)OC(=O)NCc1ccc(Nc2c(F)c(F)nc(F)c2F)cc1. The second-order valence-electron chi connectivity index (χ2n) is 5.33. The van der Waals surface area contributed by atoms with Crippen molar-refractivity contribution in [1.82, 2.24) is 10.3 Å². The Hall–Kier alpha value is -2.84. The number of alkyl carbamates (subject to hydrolysis) is 1. The summed E-state index contributed by atoms with van der Waals surface area (Å²) in [6.45, 7) is 3.60. The minimum atomic E-state index is -1.74. The molecule has 0 aliphatic carbocycles. The van der Waals surface area contributed by atoms with Crippen molar-refractivity contribution in [3.05, 3.63) is 53.4 Å². The third-order valence-corrected chi connectivity index (χ3v) is 3.00. The largest absolute Gasteiger partial charge is 0.447 e. The number of benzene rings is 1. The van der Waals surface area contributed by atoms with Gasteiger partial charge in [0.1, 0.15) is 5.69 Å². The van der Waals surface area contributed by atoms with Gasteiger partial charge in [0, 0.05) is 12.2 Å². The van der Waals surface area contributed by atoms with Crippen molar-refractivity contribution in [3.8, 4) is 0 Å². The molecule has 1 aromatic carbocycles. The average molecular weight is 357 g/mol. The van der Waals surface area contributed by atoms with E-state index in [0.29, 0.717) is 5.56 Å². The van der Waals surface area contributed by atoms with E-state index < -0.39 is 35.3 Å². The topological polar surface area (TPSA) is 63.2 Å². The predicted octanol–water partition coefficient (Wildman–Crippen LogP) is 4.02. The van der Waals surface area contributed by atoms with Crippen LogP contribution in [0.3, 0.4) is 0 Å². The number of carbonyl (C=O) groups excluding carboxylic acids is 1. The fraction of sp³-hybridized carbons (Fsp3) is 0.250. The number of hydrogen-bond acceptors (Lipinski definition) is 4. The van der Waals surface area contributed by atoms with Crippen molar-refractivity contribution in [2.45, 2.75) is 26.5 Å². The van der Waals surface area contributed by atoms with Crippen LogP contribution in [-0.2, 0) is 11.3 Å². The summed E-state index contributed by atoms with van der Waals surface area (Å²) in [5.74, 6) is -6.74. The van der Waals surface area contributed by atoms with Gasteiger partial charge in [-0.1, -0.05) is 12.1 Å². The van der Waals surface area contributed by atoms with Crippen LogP contribution in [0.4, 0.5) is 33.7 Å². The third-order valence-electron chi connectivity index (χ3n) is 3.00. The van der Waals surface area contributed by atoms with E-state index in [4.69, 9.17) is 4.74 Å². The van der Waals surface area contributed by atoms with Gasteiger partial charge in [-0.3, -0.25) is 0 Å². The molecule has 0 aliphatic rings. The normalized spacial score (nSPS) is 10.7. The van der Waals surface area contributed by atoms with E-state index in [1.165, 1.54) is 12.1 Å². The van der Waals surface area contributed by atoms with Gasteiger partial charge in [0.05, 0.1) is 6.10 Å². The van der Waals surface area contributed by atoms with Gasteiger partial charge in [-0.2, -0.15) is 22.5 Å². The summed E-state index contributed by atoms with van der Waals surface area (Å²) in [4.78, 5) is 13.8. The number of hydrogen-bond donors (Lipinski definition) is 2. The monoisotopic (exact) mass is 357 g/mol. The summed E-state index contributed by atoms with van der Waals surface area (Å²) in [6.07, 6.45) is -0.832. The standard InChI is InChI=1S/C16H15F4N3O2/c1-8(2)25-16(24)21-7-9-3-5-10(6-4-9)22-13-11(17)14(19)23-15(20)12(13)18/h3-6,8H,7H2,1-2H3,(H,21,24)(H,22,23). The number of amides is 1. The Kier molecular flexibility index (Phi) is 5.79. The van der Waals surface area contributed by atoms with Crippen molar-refractivity contribution < 1.29 is 27.1 Å². The van der Waals surface area contributed by atoms with E-state index in [-0.39, 0.29) is 18.3 Å². The van der Waals surface area contributed by atoms with Crippen LogP contribution in [0.25, 0.3) is 0 Å². The predicted molar refractivity (Wildman–Crippen MR) is 82.3 cm³/mol. The highest BCUT2D eigenvalue weighted by molar-refractivity contribution is 5.67. The quantitative estimate of drug-likeness (QED) is 0.627. The lowest BCUT2D eigenvalue weighted by atomic mass is 10.2. The molecule has 0 radical (unpaired) electrons. The number of ether oxygens (including phenoxy) is 1. The first-order valence-corrected chi connectivity index (χ1v) is 7.28. The molecule has 0 fully saturated rings. The Labute approximate surface area is 141 Å². The fourth-order valence-electron chi connectivity index (χ4n) is 1.88. The van der Waals surface area contributed by atoms with Crippen molar-refractivity contribution in [3.63, 3.8) is 0 Å². The molecule has 2 rings (SSSR count). The van der Waals surface area contributed by atoms with Gasteiger partial charge in [-0.25, -0.2) is 4.79 Å². The van der Waals surface area contributed by atoms with Crippen LogP contribution >= 0.6 is 0 Å². The summed E-state index contributed by atoms with van der Waals surface area (Å²) >= 11 is 0. The summed E-state index contributed by atoms with van der Waals surface area (Å²) in [7, 11) is 0. The lowest BCUT2D eigenvalue weighted by molar-refractivity contribution is 0.115. The molecule has 1 amide bonds. The molecule has 0 saturated carbocycles. The third kappa shape index (κ3) is 4.82. The first-order valence-electron chi connectivity index (χ1n) is 7.28. The molecule has 0 bridgehead atoms. The van der Waals surface area contributed by atoms with Crippen LogP contribution in [0.2, 0.25) is 0 Å². The highest BCUT2D eigenvalue weighted by Crippen LogP contribution is 2.25. The fourth-order valence-corrected chi connectivity index (χ4v) is 1.88. The molecular weight excluding hydrogens is 342 g/mol. The first-order chi connectivity index (χ1) is 11.8. The molecule has 2 aromatic rings. The van der Waals surface area contributed by atoms with Crippen molar-refractivity contribution in [2.24, 2.45) is 0 Å². The minimum Gasteiger partial charge on any atom is -0.447 e. The Morgan fingerprint density at radius 2 is 1.64 bits per heavy atom. The molecule has 25 heavy (non-hydrogen) atoms. The van der Waals surface area contributed by atoms with E-state index in [1.807, 2.05) is 0 Å². The highest BCUT2D eigenvalue weighted by atomic mass is 19.2. The molecular formula is C16H15F4N3O2. The molecule has 0 spiro atoms. The maximum atomic E-state index is 13.6. The van der Waals surface area contributed by atoms with Gasteiger partial charge in [0.25, 0.3) is 11.9 Å². The zero-order valence-electron chi connectivity index (χ0n) is 13.4. The highest BCUT2D eigenvalue weighted by Gasteiger charge is 2.20. The van der Waals surface area contributed by atoms with E-state index in [1.54, 1.807) is 26.0 Å². The molecule has 0 atom stereocenters. The van der Waals surface area contributed by atoms with Crippen molar-refractivity contribution in [1.29, 1.82) is 0 Å². The second-order valence-corrected chi connectivity index (χ2v) is 5.33. The van der Waals surface area contributed by atoms with Gasteiger partial charge in [-0.15, -0.1) is 0 Å². The summed E-state index contributed by atoms with van der Waals surface area (Å²) in [5.41, 5.74) is -0.105. The van der Waals surface area contributed by atoms with Crippen molar-refractivity contribution >= 4 is 17.5 Å². The molecule has 5 nitrogen and oxygen atoms in total. The van der Waals surface area contributed by atoms with Gasteiger partial charge in [0.2, 0.25) is 11.6 Å². The van der Waals surface area contributed by atoms with Crippen LogP contribution < -0.4 is 10.6 Å². The number of carbonyl (C=O) groups is 1. The molecule has 2 N–H and O–H groups in total. The first kappa shape index (κ1) is 18.5. The lowest BCUT2D eigenvalue weighted by Crippen LogP contribution is -2.26. The van der Waals surface area contributed by atoms with Crippen LogP contribution in [0.15, 0.2) is 24.3 Å². The van der Waals surface area contributed by atoms with E-state index in [0.717, 1.165) is 0 Å². The van der Waals surface area contributed by atoms with Gasteiger partial charge < -0.3 is 15.4 Å². The zero-order valence-corrected chi connectivity index (χ0v) is 13.4. The van der Waals surface area contributed by atoms with Crippen LogP contribution in [0.5, 0.6) is 0 Å². The average Bonchev–Trinajstić information content (AvgIpc) is 2.55. The molecule has 0 saturated heterocycles. The molecule has 9 heteroatoms. The maximum Gasteiger partial charge on any atom is 0.407 e. The van der Waals surface area contributed by atoms with Gasteiger partial charge >= 0.3 is 6.09 Å². The maximum absolute atomic E-state index is 13.6. The number of pyridine rings is 1. The molecule has 0 unspecified atom stereocenters. The smallest absolute Gasteiger partial charge is 0.407 e. The molecule has 1 aromatic heterocycles. The van der Waals surface area contributed by atoms with Gasteiger partial charge in [0.15, 0.2) is 0 Å². The Morgan fingerprint density at radius 1 is 1.08 bits per heavy atom. The van der Waals surface area contributed by atoms with Crippen LogP contribution in [0.1, 0.15) is 19.4 Å². The van der Waals surface area contributed by atoms with Crippen molar-refractivity contribution in [2.75, 3.05) is 5.32 Å². The van der Waals surface area contributed by atoms with E-state index in [2.05, 4.69) is 15.6 Å². The lowest BCUT2D eigenvalue weighted by Gasteiger charge is -2.11. The summed E-state index contributed by atoms with van der Waals surface area (Å²) in [5, 5.41) is 4.78. The number of halogens is 4. The molecule has 0 aliphatic heterocycles. The zero-order chi connectivity index (χ0) is 18.6. The van der Waals surface area contributed by atoms with E-state index >= 15 is 0 Å². The number of nitrogens with one attached hydrogen (secondary N) is 2. The van der Waals surface area contributed by atoms with Crippen LogP contribution in [0, 0.1) is 23.5 Å². The summed E-state index contributed by atoms with van der Waals surface area (Å²) in [6, 6.07) is 5.98.